The van der Waals surface area contributed by atoms with Crippen LogP contribution in [0, 0.1) is 11.7 Å². The lowest BCUT2D eigenvalue weighted by molar-refractivity contribution is -0.145. The molecule has 4 amide bonds. The molecule has 1 fully saturated rings. The Kier molecular flexibility index (Phi) is 6.99. The molecule has 0 aliphatic carbocycles. The number of amides is 4. The van der Waals surface area contributed by atoms with Crippen molar-refractivity contribution in [3.63, 3.8) is 0 Å². The molecule has 1 atom stereocenters. The topological polar surface area (TPSA) is 105 Å². The number of ether oxygens (including phenoxy) is 2. The average molecular weight is 483 g/mol. The molecule has 2 heterocycles. The molecule has 1 saturated heterocycles. The van der Waals surface area contributed by atoms with Crippen LogP contribution < -0.4 is 19.8 Å². The lowest BCUT2D eigenvalue weighted by Gasteiger charge is -2.30. The first kappa shape index (κ1) is 24.2. The summed E-state index contributed by atoms with van der Waals surface area (Å²) in [6.45, 7) is 4.38. The van der Waals surface area contributed by atoms with E-state index in [1.807, 2.05) is 13.8 Å². The molecule has 0 spiro atoms. The third-order valence-electron chi connectivity index (χ3n) is 6.10. The molecular formula is C25H26FN3O6. The number of rotatable bonds is 6. The molecule has 9 nitrogen and oxygen atoms in total. The van der Waals surface area contributed by atoms with E-state index in [4.69, 9.17) is 9.47 Å². The van der Waals surface area contributed by atoms with Crippen molar-refractivity contribution in [3.05, 3.63) is 53.8 Å². The number of hydrogen-bond donors (Lipinski definition) is 1. The van der Waals surface area contributed by atoms with Gasteiger partial charge >= 0.3 is 0 Å². The molecule has 2 aliphatic rings. The van der Waals surface area contributed by atoms with Gasteiger partial charge < -0.3 is 9.47 Å². The van der Waals surface area contributed by atoms with Crippen molar-refractivity contribution in [2.45, 2.75) is 39.2 Å². The number of fused-ring (bicyclic) bond motifs is 1. The van der Waals surface area contributed by atoms with Gasteiger partial charge in [0.1, 0.15) is 25.1 Å². The molecule has 4 rings (SSSR count). The van der Waals surface area contributed by atoms with Gasteiger partial charge in [0.15, 0.2) is 11.5 Å². The summed E-state index contributed by atoms with van der Waals surface area (Å²) in [6, 6.07) is 8.42. The molecule has 10 heteroatoms. The first-order valence-corrected chi connectivity index (χ1v) is 11.5. The maximum atomic E-state index is 13.6. The smallest absolute Gasteiger partial charge is 0.269 e. The highest BCUT2D eigenvalue weighted by Crippen LogP contribution is 2.36. The fraction of sp³-hybridized carbons (Fsp3) is 0.360. The molecule has 1 N–H and O–H groups in total. The van der Waals surface area contributed by atoms with E-state index in [9.17, 15) is 23.6 Å². The van der Waals surface area contributed by atoms with E-state index in [-0.39, 0.29) is 17.7 Å². The number of carbonyl (C=O) groups is 4. The number of benzene rings is 2. The van der Waals surface area contributed by atoms with Crippen LogP contribution in [0.25, 0.3) is 0 Å². The molecule has 0 bridgehead atoms. The summed E-state index contributed by atoms with van der Waals surface area (Å²) in [4.78, 5) is 53.5. The van der Waals surface area contributed by atoms with E-state index in [0.29, 0.717) is 37.6 Å². The van der Waals surface area contributed by atoms with Gasteiger partial charge in [-0.1, -0.05) is 19.9 Å². The molecule has 0 radical (unpaired) electrons. The molecule has 2 aliphatic heterocycles. The zero-order chi connectivity index (χ0) is 25.1. The molecule has 35 heavy (non-hydrogen) atoms. The van der Waals surface area contributed by atoms with E-state index in [1.54, 1.807) is 12.1 Å². The van der Waals surface area contributed by atoms with Crippen molar-refractivity contribution in [3.8, 4) is 11.5 Å². The Morgan fingerprint density at radius 2 is 1.80 bits per heavy atom. The van der Waals surface area contributed by atoms with E-state index in [1.165, 1.54) is 24.3 Å². The van der Waals surface area contributed by atoms with Crippen LogP contribution in [0.15, 0.2) is 42.5 Å². The van der Waals surface area contributed by atoms with E-state index in [0.717, 1.165) is 16.0 Å². The number of nitrogens with one attached hydrogen (secondary N) is 1. The Hall–Kier alpha value is -3.95. The van der Waals surface area contributed by atoms with E-state index >= 15 is 0 Å². The van der Waals surface area contributed by atoms with E-state index < -0.39 is 41.4 Å². The lowest BCUT2D eigenvalue weighted by atomic mass is 10.0. The maximum Gasteiger partial charge on any atom is 0.269 e. The van der Waals surface area contributed by atoms with Gasteiger partial charge in [-0.05, 0) is 43.2 Å². The van der Waals surface area contributed by atoms with Crippen molar-refractivity contribution < 1.29 is 33.0 Å². The Morgan fingerprint density at radius 3 is 2.49 bits per heavy atom. The summed E-state index contributed by atoms with van der Waals surface area (Å²) in [7, 11) is 0. The minimum Gasteiger partial charge on any atom is -0.486 e. The summed E-state index contributed by atoms with van der Waals surface area (Å²) in [5, 5.41) is 0.934. The Labute approximate surface area is 201 Å². The van der Waals surface area contributed by atoms with Crippen molar-refractivity contribution >= 4 is 29.3 Å². The second kappa shape index (κ2) is 10.1. The van der Waals surface area contributed by atoms with Gasteiger partial charge in [-0.15, -0.1) is 0 Å². The van der Waals surface area contributed by atoms with Gasteiger partial charge in [0.2, 0.25) is 11.8 Å². The second-order valence-corrected chi connectivity index (χ2v) is 8.29. The fourth-order valence-corrected chi connectivity index (χ4v) is 4.18. The normalized spacial score (nSPS) is 17.0. The summed E-state index contributed by atoms with van der Waals surface area (Å²) >= 11 is 0. The summed E-state index contributed by atoms with van der Waals surface area (Å²) in [6.07, 6.45) is 0.632. The summed E-state index contributed by atoms with van der Waals surface area (Å²) < 4.78 is 24.7. The van der Waals surface area contributed by atoms with Gasteiger partial charge in [-0.25, -0.2) is 14.3 Å². The molecule has 184 valence electrons. The zero-order valence-corrected chi connectivity index (χ0v) is 19.5. The van der Waals surface area contributed by atoms with Crippen LogP contribution in [0.3, 0.4) is 0 Å². The highest BCUT2D eigenvalue weighted by molar-refractivity contribution is 6.23. The van der Waals surface area contributed by atoms with Crippen LogP contribution in [0.4, 0.5) is 10.1 Å². The fourth-order valence-electron chi connectivity index (χ4n) is 4.18. The van der Waals surface area contributed by atoms with Crippen LogP contribution in [0.2, 0.25) is 0 Å². The van der Waals surface area contributed by atoms with Crippen molar-refractivity contribution in [2.75, 3.05) is 18.1 Å². The minimum atomic E-state index is -1.25. The molecular weight excluding hydrogens is 457 g/mol. The predicted octanol–water partition coefficient (Wildman–Crippen LogP) is 2.84. The monoisotopic (exact) mass is 483 g/mol. The standard InChI is InChI=1S/C25H26FN3O6/c1-3-15(4-2)24(32)29(27-23(31)16-6-5-7-17(26)12-16)19-14-22(30)28(25(19)33)18-8-9-20-21(13-18)35-11-10-34-20/h5-9,12-13,15,19H,3-4,10-11,14H2,1-2H3,(H,27,31). The van der Waals surface area contributed by atoms with E-state index in [2.05, 4.69) is 5.43 Å². The van der Waals surface area contributed by atoms with Crippen LogP contribution in [0.1, 0.15) is 43.5 Å². The highest BCUT2D eigenvalue weighted by Gasteiger charge is 2.46. The van der Waals surface area contributed by atoms with Gasteiger partial charge in [-0.3, -0.25) is 24.6 Å². The van der Waals surface area contributed by atoms with Crippen LogP contribution in [-0.2, 0) is 14.4 Å². The molecule has 0 aromatic heterocycles. The van der Waals surface area contributed by atoms with Gasteiger partial charge in [0.25, 0.3) is 11.8 Å². The SMILES string of the molecule is CCC(CC)C(=O)N(NC(=O)c1cccc(F)c1)C1CC(=O)N(c2ccc3c(c2)OCCO3)C1=O. The van der Waals surface area contributed by atoms with Crippen LogP contribution in [-0.4, -0.2) is 47.9 Å². The Morgan fingerprint density at radius 1 is 1.09 bits per heavy atom. The molecule has 0 saturated carbocycles. The number of imide groups is 1. The van der Waals surface area contributed by atoms with Gasteiger partial charge in [0.05, 0.1) is 12.1 Å². The second-order valence-electron chi connectivity index (χ2n) is 8.29. The van der Waals surface area contributed by atoms with Crippen LogP contribution >= 0.6 is 0 Å². The van der Waals surface area contributed by atoms with Gasteiger partial charge in [-0.2, -0.15) is 0 Å². The molecule has 1 unspecified atom stereocenters. The highest BCUT2D eigenvalue weighted by atomic mass is 19.1. The van der Waals surface area contributed by atoms with Crippen molar-refractivity contribution in [2.24, 2.45) is 5.92 Å². The average Bonchev–Trinajstić information content (AvgIpc) is 3.16. The largest absolute Gasteiger partial charge is 0.486 e. The number of nitrogens with zero attached hydrogens (tertiary/aromatic N) is 2. The number of anilines is 1. The molecule has 2 aromatic rings. The summed E-state index contributed by atoms with van der Waals surface area (Å²) in [5.41, 5.74) is 2.71. The number of hydrogen-bond acceptors (Lipinski definition) is 6. The van der Waals surface area contributed by atoms with Gasteiger partial charge in [0, 0.05) is 17.5 Å². The first-order valence-electron chi connectivity index (χ1n) is 11.5. The number of hydrazine groups is 1. The van der Waals surface area contributed by atoms with Crippen molar-refractivity contribution in [1.82, 2.24) is 10.4 Å². The number of halogens is 1. The third-order valence-corrected chi connectivity index (χ3v) is 6.10. The Bertz CT molecular complexity index is 1170. The number of carbonyl (C=O) groups excluding carboxylic acids is 4. The Balaban J connectivity index is 1.64. The molecule has 2 aromatic carbocycles. The minimum absolute atomic E-state index is 0.0205. The first-order chi connectivity index (χ1) is 16.8. The zero-order valence-electron chi connectivity index (χ0n) is 19.5. The maximum absolute atomic E-state index is 13.6. The lowest BCUT2D eigenvalue weighted by Crippen LogP contribution is -2.56. The van der Waals surface area contributed by atoms with Crippen LogP contribution in [0.5, 0.6) is 11.5 Å². The quantitative estimate of drug-likeness (QED) is 0.501. The third kappa shape index (κ3) is 4.82. The van der Waals surface area contributed by atoms with Crippen molar-refractivity contribution in [1.29, 1.82) is 0 Å². The predicted molar refractivity (Wildman–Crippen MR) is 123 cm³/mol. The summed E-state index contributed by atoms with van der Waals surface area (Å²) in [5.74, 6) is -2.63.